The largest absolute Gasteiger partial charge is 0.316 e. The Morgan fingerprint density at radius 3 is 1.90 bits per heavy atom. The lowest BCUT2D eigenvalue weighted by molar-refractivity contribution is -0.116. The zero-order valence-electron chi connectivity index (χ0n) is 13.1. The second kappa shape index (κ2) is 4.59. The van der Waals surface area contributed by atoms with Crippen molar-refractivity contribution >= 4 is 11.6 Å². The number of amides is 1. The fraction of sp³-hybridized carbons (Fsp3) is 0.632. The quantitative estimate of drug-likeness (QED) is 0.799. The summed E-state index contributed by atoms with van der Waals surface area (Å²) in [5, 5.41) is 0. The molecule has 4 bridgehead atoms. The van der Waals surface area contributed by atoms with Crippen LogP contribution in [-0.2, 0) is 10.2 Å². The first kappa shape index (κ1) is 13.4. The first-order chi connectivity index (χ1) is 10.1. The molecule has 1 amide bonds. The molecule has 0 radical (unpaired) electrons. The third-order valence-corrected chi connectivity index (χ3v) is 6.38. The molecule has 4 fully saturated rings. The van der Waals surface area contributed by atoms with Crippen LogP contribution in [0.2, 0.25) is 0 Å². The Bertz CT molecular complexity index is 524. The maximum atomic E-state index is 11.5. The number of carbonyl (C=O) groups excluding carboxylic acids is 1. The molecule has 21 heavy (non-hydrogen) atoms. The molecule has 4 aliphatic carbocycles. The smallest absolute Gasteiger partial charge is 0.223 e. The number of rotatable bonds is 2. The number of hydrogen-bond acceptors (Lipinski definition) is 1. The first-order valence-corrected chi connectivity index (χ1v) is 8.40. The van der Waals surface area contributed by atoms with Gasteiger partial charge in [-0.25, -0.2) is 0 Å². The molecule has 0 saturated heterocycles. The average molecular weight is 283 g/mol. The van der Waals surface area contributed by atoms with Crippen molar-refractivity contribution in [3.63, 3.8) is 0 Å². The van der Waals surface area contributed by atoms with Gasteiger partial charge in [-0.2, -0.15) is 0 Å². The summed E-state index contributed by atoms with van der Waals surface area (Å²) in [5.41, 5.74) is 3.00. The van der Waals surface area contributed by atoms with Crippen LogP contribution in [0.15, 0.2) is 24.3 Å². The minimum Gasteiger partial charge on any atom is -0.316 e. The Labute approximate surface area is 127 Å². The lowest BCUT2D eigenvalue weighted by Crippen LogP contribution is -2.48. The third kappa shape index (κ3) is 2.11. The highest BCUT2D eigenvalue weighted by molar-refractivity contribution is 5.90. The number of carbonyl (C=O) groups is 1. The summed E-state index contributed by atoms with van der Waals surface area (Å²) < 4.78 is 0. The molecule has 0 aliphatic heterocycles. The van der Waals surface area contributed by atoms with Gasteiger partial charge >= 0.3 is 0 Å². The van der Waals surface area contributed by atoms with Crippen LogP contribution >= 0.6 is 0 Å². The highest BCUT2D eigenvalue weighted by Gasteiger charge is 2.51. The van der Waals surface area contributed by atoms with Gasteiger partial charge in [0, 0.05) is 19.7 Å². The van der Waals surface area contributed by atoms with E-state index in [-0.39, 0.29) is 5.91 Å². The van der Waals surface area contributed by atoms with Gasteiger partial charge in [-0.3, -0.25) is 4.79 Å². The molecule has 2 heteroatoms. The maximum Gasteiger partial charge on any atom is 0.223 e. The monoisotopic (exact) mass is 283 g/mol. The van der Waals surface area contributed by atoms with Crippen molar-refractivity contribution in [3.05, 3.63) is 29.8 Å². The summed E-state index contributed by atoms with van der Waals surface area (Å²) >= 11 is 0. The second-order valence-electron chi connectivity index (χ2n) is 7.82. The highest BCUT2D eigenvalue weighted by Crippen LogP contribution is 2.60. The Morgan fingerprint density at radius 2 is 1.48 bits per heavy atom. The molecule has 2 nitrogen and oxygen atoms in total. The minimum absolute atomic E-state index is 0.0950. The van der Waals surface area contributed by atoms with Crippen LogP contribution in [0.5, 0.6) is 0 Å². The van der Waals surface area contributed by atoms with Gasteiger partial charge in [-0.05, 0) is 79.4 Å². The molecular formula is C19H25NO. The first-order valence-electron chi connectivity index (χ1n) is 8.40. The number of hydrogen-bond donors (Lipinski definition) is 0. The molecule has 0 aromatic heterocycles. The Balaban J connectivity index is 1.63. The highest BCUT2D eigenvalue weighted by atomic mass is 16.2. The summed E-state index contributed by atoms with van der Waals surface area (Å²) in [4.78, 5) is 13.2. The second-order valence-corrected chi connectivity index (χ2v) is 7.82. The van der Waals surface area contributed by atoms with Crippen molar-refractivity contribution in [1.82, 2.24) is 0 Å². The van der Waals surface area contributed by atoms with Crippen molar-refractivity contribution in [2.75, 3.05) is 11.9 Å². The van der Waals surface area contributed by atoms with E-state index < -0.39 is 0 Å². The molecule has 112 valence electrons. The lowest BCUT2D eigenvalue weighted by atomic mass is 9.48. The van der Waals surface area contributed by atoms with Crippen LogP contribution < -0.4 is 4.90 Å². The zero-order chi connectivity index (χ0) is 14.6. The molecule has 4 saturated carbocycles. The van der Waals surface area contributed by atoms with E-state index >= 15 is 0 Å². The van der Waals surface area contributed by atoms with Gasteiger partial charge in [0.25, 0.3) is 0 Å². The summed E-state index contributed by atoms with van der Waals surface area (Å²) in [6.07, 6.45) is 8.68. The average Bonchev–Trinajstić information content (AvgIpc) is 2.45. The van der Waals surface area contributed by atoms with Crippen LogP contribution in [0.3, 0.4) is 0 Å². The standard InChI is InChI=1S/C19H25NO/c1-13(21)20(2)18-5-3-17(4-6-18)19-10-14-7-15(11-19)9-16(8-14)12-19/h3-6,14-16H,7-12H2,1-2H3. The van der Waals surface area contributed by atoms with Gasteiger partial charge < -0.3 is 4.90 Å². The normalized spacial score (nSPS) is 36.8. The molecule has 0 spiro atoms. The predicted octanol–water partition coefficient (Wildman–Crippen LogP) is 4.14. The molecular weight excluding hydrogens is 258 g/mol. The van der Waals surface area contributed by atoms with Crippen LogP contribution in [0, 0.1) is 17.8 Å². The van der Waals surface area contributed by atoms with Crippen molar-refractivity contribution in [3.8, 4) is 0 Å². The van der Waals surface area contributed by atoms with Crippen LogP contribution in [0.1, 0.15) is 51.0 Å². The fourth-order valence-corrected chi connectivity index (χ4v) is 5.68. The summed E-state index contributed by atoms with van der Waals surface area (Å²) in [6.45, 7) is 1.62. The predicted molar refractivity (Wildman–Crippen MR) is 85.4 cm³/mol. The molecule has 5 rings (SSSR count). The Kier molecular flexibility index (Phi) is 2.92. The molecule has 0 unspecified atom stereocenters. The molecule has 0 N–H and O–H groups in total. The van der Waals surface area contributed by atoms with E-state index in [1.54, 1.807) is 11.8 Å². The minimum atomic E-state index is 0.0950. The fourth-order valence-electron chi connectivity index (χ4n) is 5.68. The van der Waals surface area contributed by atoms with Gasteiger partial charge in [0.1, 0.15) is 0 Å². The molecule has 4 aliphatic rings. The van der Waals surface area contributed by atoms with E-state index in [4.69, 9.17) is 0 Å². The van der Waals surface area contributed by atoms with Gasteiger partial charge in [-0.1, -0.05) is 12.1 Å². The Morgan fingerprint density at radius 1 is 1.00 bits per heavy atom. The van der Waals surface area contributed by atoms with E-state index in [1.165, 1.54) is 44.1 Å². The SMILES string of the molecule is CC(=O)N(C)c1ccc(C23CC4CC(CC(C4)C2)C3)cc1. The van der Waals surface area contributed by atoms with Gasteiger partial charge in [-0.15, -0.1) is 0 Å². The topological polar surface area (TPSA) is 20.3 Å². The molecule has 0 heterocycles. The van der Waals surface area contributed by atoms with E-state index in [9.17, 15) is 4.79 Å². The maximum absolute atomic E-state index is 11.5. The lowest BCUT2D eigenvalue weighted by Gasteiger charge is -2.57. The number of benzene rings is 1. The zero-order valence-corrected chi connectivity index (χ0v) is 13.1. The third-order valence-electron chi connectivity index (χ3n) is 6.38. The summed E-state index contributed by atoms with van der Waals surface area (Å²) in [6, 6.07) is 8.86. The van der Waals surface area contributed by atoms with Crippen molar-refractivity contribution in [2.45, 2.75) is 50.9 Å². The van der Waals surface area contributed by atoms with Crippen molar-refractivity contribution in [2.24, 2.45) is 17.8 Å². The van der Waals surface area contributed by atoms with E-state index in [1.807, 2.05) is 7.05 Å². The Hall–Kier alpha value is -1.31. The molecule has 0 atom stereocenters. The molecule has 1 aromatic carbocycles. The van der Waals surface area contributed by atoms with Crippen LogP contribution in [-0.4, -0.2) is 13.0 Å². The van der Waals surface area contributed by atoms with Gasteiger partial charge in [0.05, 0.1) is 0 Å². The van der Waals surface area contributed by atoms with Gasteiger partial charge in [0.15, 0.2) is 0 Å². The van der Waals surface area contributed by atoms with Crippen LogP contribution in [0.4, 0.5) is 5.69 Å². The summed E-state index contributed by atoms with van der Waals surface area (Å²) in [5.74, 6) is 3.04. The van der Waals surface area contributed by atoms with Crippen molar-refractivity contribution in [1.29, 1.82) is 0 Å². The van der Waals surface area contributed by atoms with Crippen LogP contribution in [0.25, 0.3) is 0 Å². The number of nitrogens with zero attached hydrogens (tertiary/aromatic N) is 1. The van der Waals surface area contributed by atoms with E-state index in [0.717, 1.165) is 23.4 Å². The molecule has 1 aromatic rings. The number of anilines is 1. The summed E-state index contributed by atoms with van der Waals surface area (Å²) in [7, 11) is 1.85. The van der Waals surface area contributed by atoms with E-state index in [0.29, 0.717) is 5.41 Å². The van der Waals surface area contributed by atoms with E-state index in [2.05, 4.69) is 24.3 Å². The van der Waals surface area contributed by atoms with Crippen molar-refractivity contribution < 1.29 is 4.79 Å². The van der Waals surface area contributed by atoms with Gasteiger partial charge in [0.2, 0.25) is 5.91 Å².